The number of anilines is 1. The van der Waals surface area contributed by atoms with Gasteiger partial charge in [0, 0.05) is 15.5 Å². The molecule has 1 fully saturated rings. The topological polar surface area (TPSA) is 99.6 Å². The summed E-state index contributed by atoms with van der Waals surface area (Å²) in [4.78, 5) is 13.7. The van der Waals surface area contributed by atoms with Crippen LogP contribution in [0.1, 0.15) is 0 Å². The molecule has 8 nitrogen and oxygen atoms in total. The number of aromatic amines is 1. The highest BCUT2D eigenvalue weighted by atomic mass is 79.9. The second-order valence-electron chi connectivity index (χ2n) is 7.00. The van der Waals surface area contributed by atoms with E-state index in [1.807, 2.05) is 18.2 Å². The summed E-state index contributed by atoms with van der Waals surface area (Å²) >= 11 is 3.32. The van der Waals surface area contributed by atoms with Crippen molar-refractivity contribution in [2.24, 2.45) is 0 Å². The third-order valence-electron chi connectivity index (χ3n) is 5.02. The summed E-state index contributed by atoms with van der Waals surface area (Å²) in [5.41, 5.74) is 1.57. The van der Waals surface area contributed by atoms with E-state index in [9.17, 15) is 13.2 Å². The van der Waals surface area contributed by atoms with Crippen LogP contribution in [0.4, 0.5) is 5.69 Å². The van der Waals surface area contributed by atoms with Crippen molar-refractivity contribution in [3.63, 3.8) is 0 Å². The lowest BCUT2D eigenvalue weighted by molar-refractivity contribution is -0.895. The quantitative estimate of drug-likeness (QED) is 0.506. The van der Waals surface area contributed by atoms with Crippen molar-refractivity contribution in [3.8, 4) is 0 Å². The number of carbonyl (C=O) groups excluding carboxylic acids is 1. The van der Waals surface area contributed by atoms with E-state index in [4.69, 9.17) is 0 Å². The molecule has 4 rings (SSSR count). The number of nitrogens with zero attached hydrogens (tertiary/aromatic N) is 2. The Morgan fingerprint density at radius 2 is 1.90 bits per heavy atom. The molecule has 1 aliphatic rings. The normalized spacial score (nSPS) is 16.2. The number of hydrogen-bond donors (Lipinski definition) is 3. The Labute approximate surface area is 177 Å². The highest BCUT2D eigenvalue weighted by molar-refractivity contribution is 9.10. The molecule has 1 amide bonds. The number of amides is 1. The van der Waals surface area contributed by atoms with Crippen molar-refractivity contribution in [3.05, 3.63) is 53.1 Å². The molecule has 0 radical (unpaired) electrons. The van der Waals surface area contributed by atoms with Gasteiger partial charge in [0.15, 0.2) is 6.54 Å². The molecule has 3 aromatic rings. The van der Waals surface area contributed by atoms with Crippen molar-refractivity contribution in [2.75, 3.05) is 38.0 Å². The van der Waals surface area contributed by atoms with Crippen molar-refractivity contribution in [1.29, 1.82) is 0 Å². The van der Waals surface area contributed by atoms with Crippen LogP contribution in [0.3, 0.4) is 0 Å². The average molecular weight is 479 g/mol. The van der Waals surface area contributed by atoms with Crippen LogP contribution in [0.15, 0.2) is 58.0 Å². The fourth-order valence-corrected chi connectivity index (χ4v) is 5.13. The number of benzene rings is 2. The molecule has 152 valence electrons. The van der Waals surface area contributed by atoms with Gasteiger partial charge < -0.3 is 10.2 Å². The first-order chi connectivity index (χ1) is 13.9. The number of hydrogen-bond acceptors (Lipinski definition) is 4. The van der Waals surface area contributed by atoms with Crippen molar-refractivity contribution < 1.29 is 18.1 Å². The lowest BCUT2D eigenvalue weighted by Gasteiger charge is -2.31. The lowest BCUT2D eigenvalue weighted by atomic mass is 10.2. The van der Waals surface area contributed by atoms with Gasteiger partial charge >= 0.3 is 0 Å². The van der Waals surface area contributed by atoms with Crippen molar-refractivity contribution in [2.45, 2.75) is 4.90 Å². The number of sulfonamides is 1. The maximum Gasteiger partial charge on any atom is 0.279 e. The molecule has 29 heavy (non-hydrogen) atoms. The molecule has 3 N–H and O–H groups in total. The smallest absolute Gasteiger partial charge is 0.279 e. The maximum absolute atomic E-state index is 12.8. The molecular formula is C19H21BrN5O3S+. The van der Waals surface area contributed by atoms with Crippen LogP contribution in [0, 0.1) is 0 Å². The second kappa shape index (κ2) is 8.23. The molecule has 1 saturated heterocycles. The SMILES string of the molecule is O=C(C[NH+]1CCN(S(=O)(=O)c2ccc(Br)cc2)CC1)Nc1ccc2cn[nH]c2c1. The fourth-order valence-electron chi connectivity index (χ4n) is 3.42. The number of nitrogens with one attached hydrogen (secondary N) is 3. The van der Waals surface area contributed by atoms with Gasteiger partial charge in [0.1, 0.15) is 0 Å². The molecule has 0 atom stereocenters. The van der Waals surface area contributed by atoms with Crippen LogP contribution in [-0.2, 0) is 14.8 Å². The summed E-state index contributed by atoms with van der Waals surface area (Å²) in [7, 11) is -3.51. The number of H-pyrrole nitrogens is 1. The van der Waals surface area contributed by atoms with E-state index in [0.29, 0.717) is 38.4 Å². The average Bonchev–Trinajstić information content (AvgIpc) is 3.16. The minimum absolute atomic E-state index is 0.0944. The fraction of sp³-hybridized carbons (Fsp3) is 0.263. The van der Waals surface area contributed by atoms with Gasteiger partial charge in [-0.15, -0.1) is 0 Å². The summed E-state index contributed by atoms with van der Waals surface area (Å²) in [6.07, 6.45) is 1.73. The lowest BCUT2D eigenvalue weighted by Crippen LogP contribution is -3.15. The largest absolute Gasteiger partial charge is 0.325 e. The molecule has 1 aromatic heterocycles. The van der Waals surface area contributed by atoms with E-state index in [1.165, 1.54) is 4.31 Å². The number of rotatable bonds is 5. The monoisotopic (exact) mass is 478 g/mol. The van der Waals surface area contributed by atoms with Crippen LogP contribution in [0.5, 0.6) is 0 Å². The Balaban J connectivity index is 1.32. The predicted molar refractivity (Wildman–Crippen MR) is 113 cm³/mol. The van der Waals surface area contributed by atoms with Gasteiger partial charge in [0.05, 0.1) is 42.8 Å². The Kier molecular flexibility index (Phi) is 5.68. The summed E-state index contributed by atoms with van der Waals surface area (Å²) in [5, 5.41) is 10.7. The molecule has 0 unspecified atom stereocenters. The molecule has 0 spiro atoms. The Morgan fingerprint density at radius 3 is 2.62 bits per heavy atom. The summed E-state index contributed by atoms with van der Waals surface area (Å²) in [6, 6.07) is 12.2. The first-order valence-corrected chi connectivity index (χ1v) is 11.5. The number of carbonyl (C=O) groups is 1. The molecule has 0 aliphatic carbocycles. The molecule has 2 heterocycles. The number of fused-ring (bicyclic) bond motifs is 1. The van der Waals surface area contributed by atoms with Crippen LogP contribution < -0.4 is 10.2 Å². The predicted octanol–water partition coefficient (Wildman–Crippen LogP) is 0.853. The van der Waals surface area contributed by atoms with Crippen LogP contribution in [0.25, 0.3) is 10.9 Å². The number of quaternary nitrogens is 1. The van der Waals surface area contributed by atoms with Gasteiger partial charge in [0.2, 0.25) is 10.0 Å². The van der Waals surface area contributed by atoms with Gasteiger partial charge in [-0.3, -0.25) is 9.89 Å². The van der Waals surface area contributed by atoms with Gasteiger partial charge in [-0.1, -0.05) is 15.9 Å². The summed E-state index contributed by atoms with van der Waals surface area (Å²) < 4.78 is 27.9. The second-order valence-corrected chi connectivity index (χ2v) is 9.86. The van der Waals surface area contributed by atoms with Crippen LogP contribution >= 0.6 is 15.9 Å². The van der Waals surface area contributed by atoms with E-state index in [-0.39, 0.29) is 10.8 Å². The zero-order valence-corrected chi connectivity index (χ0v) is 18.0. The maximum atomic E-state index is 12.8. The zero-order chi connectivity index (χ0) is 20.4. The first-order valence-electron chi connectivity index (χ1n) is 9.24. The molecule has 0 saturated carbocycles. The van der Waals surface area contributed by atoms with E-state index in [0.717, 1.165) is 20.3 Å². The molecule has 0 bridgehead atoms. The summed E-state index contributed by atoms with van der Waals surface area (Å²) in [5.74, 6) is -0.0944. The minimum atomic E-state index is -3.51. The van der Waals surface area contributed by atoms with Gasteiger partial charge in [-0.25, -0.2) is 8.42 Å². The van der Waals surface area contributed by atoms with Gasteiger partial charge in [-0.2, -0.15) is 9.40 Å². The van der Waals surface area contributed by atoms with E-state index < -0.39 is 10.0 Å². The Hall–Kier alpha value is -2.27. The summed E-state index contributed by atoms with van der Waals surface area (Å²) in [6.45, 7) is 2.25. The van der Waals surface area contributed by atoms with Crippen molar-refractivity contribution in [1.82, 2.24) is 14.5 Å². The third-order valence-corrected chi connectivity index (χ3v) is 7.46. The Bertz CT molecular complexity index is 1120. The zero-order valence-electron chi connectivity index (χ0n) is 15.6. The number of piperazine rings is 1. The standard InChI is InChI=1S/C19H20BrN5O3S/c20-15-2-5-17(6-3-15)29(27,28)25-9-7-24(8-10-25)13-19(26)22-16-4-1-14-12-21-23-18(14)11-16/h1-6,11-12H,7-10,13H2,(H,21,23)(H,22,26)/p+1. The molecule has 2 aromatic carbocycles. The number of halogens is 1. The van der Waals surface area contributed by atoms with E-state index in [2.05, 4.69) is 31.4 Å². The van der Waals surface area contributed by atoms with Crippen LogP contribution in [0.2, 0.25) is 0 Å². The molecule has 10 heteroatoms. The highest BCUT2D eigenvalue weighted by Crippen LogP contribution is 2.19. The highest BCUT2D eigenvalue weighted by Gasteiger charge is 2.31. The van der Waals surface area contributed by atoms with E-state index >= 15 is 0 Å². The number of aromatic nitrogens is 2. The van der Waals surface area contributed by atoms with Crippen LogP contribution in [-0.4, -0.2) is 61.6 Å². The van der Waals surface area contributed by atoms with Gasteiger partial charge in [-0.05, 0) is 42.5 Å². The Morgan fingerprint density at radius 1 is 1.17 bits per heavy atom. The first kappa shape index (κ1) is 20.0. The van der Waals surface area contributed by atoms with E-state index in [1.54, 1.807) is 30.5 Å². The molecule has 1 aliphatic heterocycles. The van der Waals surface area contributed by atoms with Crippen molar-refractivity contribution >= 4 is 48.5 Å². The van der Waals surface area contributed by atoms with Gasteiger partial charge in [0.25, 0.3) is 5.91 Å². The minimum Gasteiger partial charge on any atom is -0.325 e. The molecular weight excluding hydrogens is 458 g/mol. The third kappa shape index (κ3) is 4.50.